The minimum atomic E-state index is -3.13. The Bertz CT molecular complexity index is 1390. The number of rotatable bonds is 10. The molecule has 2 saturated heterocycles. The first-order chi connectivity index (χ1) is 19.1. The van der Waals surface area contributed by atoms with Gasteiger partial charge in [-0.15, -0.1) is 10.2 Å². The number of ether oxygens (including phenoxy) is 1. The maximum atomic E-state index is 15.3. The molecule has 0 saturated carbocycles. The largest absolute Gasteiger partial charge is 0.415 e. The molecule has 1 aromatic heterocycles. The van der Waals surface area contributed by atoms with Crippen LogP contribution < -0.4 is 4.31 Å². The number of hydrogen-bond acceptors (Lipinski definition) is 7. The Morgan fingerprint density at radius 2 is 1.82 bits per heavy atom. The molecule has 8 nitrogen and oxygen atoms in total. The summed E-state index contributed by atoms with van der Waals surface area (Å²) in [6.07, 6.45) is -2.94. The molecule has 15 heteroatoms. The van der Waals surface area contributed by atoms with Crippen LogP contribution >= 0.6 is 11.6 Å². The molecule has 2 fully saturated rings. The Labute approximate surface area is 236 Å². The number of alkyl halides is 2. The van der Waals surface area contributed by atoms with Crippen molar-refractivity contribution < 1.29 is 30.9 Å². The predicted molar refractivity (Wildman–Crippen MR) is 148 cm³/mol. The molecule has 0 amide bonds. The molecule has 0 bridgehead atoms. The van der Waals surface area contributed by atoms with E-state index in [1.165, 1.54) is 30.3 Å². The van der Waals surface area contributed by atoms with Gasteiger partial charge in [0.1, 0.15) is 11.6 Å². The summed E-state index contributed by atoms with van der Waals surface area (Å²) >= 11 is 6.05. The third-order valence-electron chi connectivity index (χ3n) is 7.33. The van der Waals surface area contributed by atoms with Crippen LogP contribution in [0.15, 0.2) is 40.8 Å². The molecule has 3 heterocycles. The van der Waals surface area contributed by atoms with Crippen LogP contribution in [0.3, 0.4) is 0 Å². The molecular formula is C25H29BClF4N5O3S. The number of benzene rings is 2. The fourth-order valence-electron chi connectivity index (χ4n) is 4.77. The average molecular weight is 602 g/mol. The second kappa shape index (κ2) is 12.2. The number of nitrogens with zero attached hydrogens (tertiary/aromatic N) is 5. The lowest BCUT2D eigenvalue weighted by molar-refractivity contribution is -0.0764. The van der Waals surface area contributed by atoms with Crippen molar-refractivity contribution in [2.75, 3.05) is 56.0 Å². The normalized spacial score (nSPS) is 17.8. The van der Waals surface area contributed by atoms with E-state index >= 15 is 4.39 Å². The fraction of sp³-hybridized carbons (Fsp3) is 0.440. The highest BCUT2D eigenvalue weighted by Crippen LogP contribution is 2.30. The molecule has 2 aliphatic rings. The molecule has 0 N–H and O–H groups in total. The van der Waals surface area contributed by atoms with E-state index in [4.69, 9.17) is 20.8 Å². The molecule has 3 aromatic rings. The minimum Gasteiger partial charge on any atom is -0.415 e. The van der Waals surface area contributed by atoms with Crippen LogP contribution in [-0.4, -0.2) is 89.1 Å². The first-order valence-corrected chi connectivity index (χ1v) is 15.5. The number of aromatic nitrogens is 2. The van der Waals surface area contributed by atoms with Crippen LogP contribution in [0.2, 0.25) is 5.02 Å². The zero-order valence-corrected chi connectivity index (χ0v) is 23.4. The lowest BCUT2D eigenvalue weighted by Crippen LogP contribution is -2.57. The van der Waals surface area contributed by atoms with Crippen molar-refractivity contribution in [1.82, 2.24) is 20.0 Å². The van der Waals surface area contributed by atoms with Crippen molar-refractivity contribution >= 4 is 34.4 Å². The molecule has 0 spiro atoms. The number of piperazine rings is 1. The van der Waals surface area contributed by atoms with Gasteiger partial charge in [-0.1, -0.05) is 27.6 Å². The summed E-state index contributed by atoms with van der Waals surface area (Å²) in [6.45, 7) is 5.54. The van der Waals surface area contributed by atoms with Crippen LogP contribution in [0.5, 0.6) is 0 Å². The highest BCUT2D eigenvalue weighted by Gasteiger charge is 2.30. The van der Waals surface area contributed by atoms with Crippen molar-refractivity contribution in [3.8, 4) is 11.5 Å². The summed E-state index contributed by atoms with van der Waals surface area (Å²) in [5, 5.41) is 6.68. The van der Waals surface area contributed by atoms with Crippen LogP contribution in [0, 0.1) is 11.6 Å². The van der Waals surface area contributed by atoms with Gasteiger partial charge >= 0.3 is 6.43 Å². The molecule has 5 rings (SSSR count). The Balaban J connectivity index is 1.33. The highest BCUT2D eigenvalue weighted by molar-refractivity contribution is 8.23. The molecule has 0 atom stereocenters. The standard InChI is InChI=1S/C25H29BClF4N5O3S/c26-40(37,10-9-34-5-7-35(8-6-34)19-14-38-15-19)36(18-3-4-21(28)20(27)12-18)13-17-2-1-16(11-22(17)29)24-32-33-25(39-24)23(30)31/h1-4,11-12,19,23,40H,5-10,13-15,26H2. The Kier molecular flexibility index (Phi) is 8.81. The van der Waals surface area contributed by atoms with E-state index in [9.17, 15) is 17.4 Å². The molecule has 2 aromatic carbocycles. The van der Waals surface area contributed by atoms with Crippen molar-refractivity contribution in [3.05, 3.63) is 64.5 Å². The van der Waals surface area contributed by atoms with Gasteiger partial charge in [0.2, 0.25) is 13.0 Å². The summed E-state index contributed by atoms with van der Waals surface area (Å²) in [4.78, 5) is 4.67. The molecule has 0 radical (unpaired) electrons. The average Bonchev–Trinajstić information content (AvgIpc) is 3.39. The van der Waals surface area contributed by atoms with E-state index in [2.05, 4.69) is 20.0 Å². The van der Waals surface area contributed by atoms with E-state index in [1.54, 1.807) is 11.4 Å². The van der Waals surface area contributed by atoms with E-state index in [0.29, 0.717) is 24.0 Å². The lowest BCUT2D eigenvalue weighted by atomic mass is 10.1. The van der Waals surface area contributed by atoms with Crippen molar-refractivity contribution in [2.24, 2.45) is 0 Å². The summed E-state index contributed by atoms with van der Waals surface area (Å²) in [5.41, 5.74) is 0.717. The van der Waals surface area contributed by atoms with Gasteiger partial charge in [0.05, 0.1) is 30.8 Å². The zero-order valence-electron chi connectivity index (χ0n) is 21.8. The van der Waals surface area contributed by atoms with Crippen LogP contribution in [0.25, 0.3) is 11.5 Å². The van der Waals surface area contributed by atoms with Gasteiger partial charge in [0.15, 0.2) is 0 Å². The monoisotopic (exact) mass is 601 g/mol. The predicted octanol–water partition coefficient (Wildman–Crippen LogP) is 3.11. The van der Waals surface area contributed by atoms with Gasteiger partial charge in [0.25, 0.3) is 5.89 Å². The summed E-state index contributed by atoms with van der Waals surface area (Å²) in [5.74, 6) is -2.07. The van der Waals surface area contributed by atoms with E-state index < -0.39 is 33.9 Å². The molecule has 0 aliphatic carbocycles. The van der Waals surface area contributed by atoms with E-state index in [0.717, 1.165) is 45.5 Å². The number of thiol groups is 1. The van der Waals surface area contributed by atoms with Gasteiger partial charge in [-0.25, -0.2) is 8.78 Å². The minimum absolute atomic E-state index is 0.0938. The third-order valence-corrected chi connectivity index (χ3v) is 10.0. The number of hydrogen-bond donors (Lipinski definition) is 1. The highest BCUT2D eigenvalue weighted by atomic mass is 35.5. The molecular weight excluding hydrogens is 573 g/mol. The molecule has 2 aliphatic heterocycles. The maximum Gasteiger partial charge on any atom is 0.314 e. The SMILES string of the molecule is B[SH](=O)(CCN1CCN(C2COC2)CC1)N(Cc1ccc(-c2nnc(C(F)F)o2)cc1F)c1ccc(F)c(Cl)c1. The summed E-state index contributed by atoms with van der Waals surface area (Å²) in [7, 11) is -1.50. The van der Waals surface area contributed by atoms with Gasteiger partial charge in [0, 0.05) is 55.3 Å². The third kappa shape index (κ3) is 6.51. The zero-order chi connectivity index (χ0) is 28.4. The second-order valence-electron chi connectivity index (χ2n) is 10.1. The van der Waals surface area contributed by atoms with Gasteiger partial charge in [-0.3, -0.25) is 14.0 Å². The lowest BCUT2D eigenvalue weighted by Gasteiger charge is -2.43. The molecule has 0 unspecified atom stereocenters. The van der Waals surface area contributed by atoms with Crippen molar-refractivity contribution in [3.63, 3.8) is 0 Å². The van der Waals surface area contributed by atoms with Crippen LogP contribution in [0.1, 0.15) is 17.9 Å². The Morgan fingerprint density at radius 1 is 1.07 bits per heavy atom. The summed E-state index contributed by atoms with van der Waals surface area (Å²) in [6, 6.07) is 8.51. The quantitative estimate of drug-likeness (QED) is 0.218. The van der Waals surface area contributed by atoms with Crippen LogP contribution in [0.4, 0.5) is 23.2 Å². The van der Waals surface area contributed by atoms with Crippen molar-refractivity contribution in [2.45, 2.75) is 19.0 Å². The van der Waals surface area contributed by atoms with E-state index in [1.807, 2.05) is 0 Å². The number of halogens is 5. The maximum absolute atomic E-state index is 15.3. The Morgan fingerprint density at radius 3 is 2.42 bits per heavy atom. The topological polar surface area (TPSA) is 74.9 Å². The smallest absolute Gasteiger partial charge is 0.314 e. The van der Waals surface area contributed by atoms with Crippen LogP contribution in [-0.2, 0) is 21.3 Å². The molecule has 40 heavy (non-hydrogen) atoms. The van der Waals surface area contributed by atoms with Crippen molar-refractivity contribution in [1.29, 1.82) is 0 Å². The van der Waals surface area contributed by atoms with E-state index in [-0.39, 0.29) is 28.6 Å². The number of anilines is 1. The van der Waals surface area contributed by atoms with Gasteiger partial charge in [-0.2, -0.15) is 8.78 Å². The fourth-order valence-corrected chi connectivity index (χ4v) is 6.91. The first kappa shape index (κ1) is 29.0. The molecule has 216 valence electrons. The van der Waals surface area contributed by atoms with Gasteiger partial charge < -0.3 is 13.5 Å². The first-order valence-electron chi connectivity index (χ1n) is 12.8. The van der Waals surface area contributed by atoms with Gasteiger partial charge in [-0.05, 0) is 30.3 Å². The second-order valence-corrected chi connectivity index (χ2v) is 13.5. The Hall–Kier alpha value is -2.52. The summed E-state index contributed by atoms with van der Waals surface area (Å²) < 4.78 is 80.8.